The van der Waals surface area contributed by atoms with Crippen LogP contribution in [-0.2, 0) is 28.5 Å². The SMILES string of the molecule is CC(=O)OCC=C(C)CCC1C(C)(OC2OCC(OC(C)=O)C(O)C2O)CCC2C(C)(C)CCCC21C. The minimum Gasteiger partial charge on any atom is -0.462 e. The first-order valence-corrected chi connectivity index (χ1v) is 13.8. The molecule has 1 heterocycles. The van der Waals surface area contributed by atoms with Gasteiger partial charge in [-0.3, -0.25) is 9.59 Å². The van der Waals surface area contributed by atoms with Gasteiger partial charge >= 0.3 is 11.9 Å². The topological polar surface area (TPSA) is 112 Å². The molecule has 8 heteroatoms. The van der Waals surface area contributed by atoms with E-state index in [0.717, 1.165) is 37.7 Å². The molecular weight excluding hydrogens is 476 g/mol. The first-order valence-electron chi connectivity index (χ1n) is 13.8. The van der Waals surface area contributed by atoms with E-state index in [1.54, 1.807) is 0 Å². The fourth-order valence-electron chi connectivity index (χ4n) is 7.61. The summed E-state index contributed by atoms with van der Waals surface area (Å²) in [6, 6.07) is 0. The van der Waals surface area contributed by atoms with Crippen LogP contribution < -0.4 is 0 Å². The molecule has 2 saturated carbocycles. The summed E-state index contributed by atoms with van der Waals surface area (Å²) in [5, 5.41) is 21.5. The van der Waals surface area contributed by atoms with E-state index in [9.17, 15) is 19.8 Å². The van der Waals surface area contributed by atoms with Crippen molar-refractivity contribution in [3.8, 4) is 0 Å². The molecule has 2 aliphatic carbocycles. The van der Waals surface area contributed by atoms with Gasteiger partial charge in [-0.15, -0.1) is 0 Å². The first kappa shape index (κ1) is 30.1. The molecule has 2 N–H and O–H groups in total. The maximum atomic E-state index is 11.4. The van der Waals surface area contributed by atoms with Crippen LogP contribution in [0.2, 0.25) is 0 Å². The highest BCUT2D eigenvalue weighted by atomic mass is 16.7. The number of rotatable bonds is 8. The van der Waals surface area contributed by atoms with Crippen LogP contribution >= 0.6 is 0 Å². The highest BCUT2D eigenvalue weighted by Gasteiger charge is 2.59. The lowest BCUT2D eigenvalue weighted by molar-refractivity contribution is -0.324. The Balaban J connectivity index is 1.82. The summed E-state index contributed by atoms with van der Waals surface area (Å²) >= 11 is 0. The fourth-order valence-corrected chi connectivity index (χ4v) is 7.61. The molecule has 0 radical (unpaired) electrons. The summed E-state index contributed by atoms with van der Waals surface area (Å²) in [4.78, 5) is 22.5. The molecule has 3 aliphatic rings. The number of ether oxygens (including phenoxy) is 4. The standard InChI is InChI=1S/C29H48O8/c1-18(12-16-34-19(2)30)9-10-23-28(6)14-8-13-27(4,5)22(28)11-15-29(23,7)37-26-25(33)24(32)21(17-35-26)36-20(3)31/h12,21-26,32-33H,8-11,13-17H2,1-7H3. The summed E-state index contributed by atoms with van der Waals surface area (Å²) in [5.74, 6) is -0.0813. The van der Waals surface area contributed by atoms with Gasteiger partial charge in [-0.25, -0.2) is 0 Å². The Morgan fingerprint density at radius 3 is 2.35 bits per heavy atom. The van der Waals surface area contributed by atoms with Gasteiger partial charge in [-0.1, -0.05) is 32.8 Å². The van der Waals surface area contributed by atoms with E-state index in [1.165, 1.54) is 26.7 Å². The molecule has 37 heavy (non-hydrogen) atoms. The molecule has 0 spiro atoms. The average molecular weight is 525 g/mol. The van der Waals surface area contributed by atoms with Crippen molar-refractivity contribution in [2.45, 2.75) is 124 Å². The van der Waals surface area contributed by atoms with Gasteiger partial charge in [0.05, 0.1) is 12.2 Å². The Kier molecular flexibility index (Phi) is 9.53. The second-order valence-electron chi connectivity index (χ2n) is 12.6. The van der Waals surface area contributed by atoms with Crippen molar-refractivity contribution in [1.29, 1.82) is 0 Å². The number of hydrogen-bond acceptors (Lipinski definition) is 8. The third-order valence-corrected chi connectivity index (χ3v) is 9.42. The van der Waals surface area contributed by atoms with E-state index < -0.39 is 36.2 Å². The van der Waals surface area contributed by atoms with Crippen LogP contribution in [0.4, 0.5) is 0 Å². The lowest BCUT2D eigenvalue weighted by atomic mass is 9.45. The van der Waals surface area contributed by atoms with E-state index >= 15 is 0 Å². The number of esters is 2. The second-order valence-corrected chi connectivity index (χ2v) is 12.6. The summed E-state index contributed by atoms with van der Waals surface area (Å²) in [6.07, 6.45) is 4.52. The normalized spacial score (nSPS) is 40.0. The van der Waals surface area contributed by atoms with Crippen molar-refractivity contribution in [2.75, 3.05) is 13.2 Å². The molecule has 3 rings (SSSR count). The number of allylic oxidation sites excluding steroid dienone is 1. The molecular formula is C29H48O8. The van der Waals surface area contributed by atoms with Crippen molar-refractivity contribution in [1.82, 2.24) is 0 Å². The van der Waals surface area contributed by atoms with Crippen molar-refractivity contribution in [3.63, 3.8) is 0 Å². The van der Waals surface area contributed by atoms with Crippen LogP contribution in [0.15, 0.2) is 11.6 Å². The fraction of sp³-hybridized carbons (Fsp3) is 0.862. The summed E-state index contributed by atoms with van der Waals surface area (Å²) in [7, 11) is 0. The number of aliphatic hydroxyl groups excluding tert-OH is 2. The second kappa shape index (κ2) is 11.7. The van der Waals surface area contributed by atoms with Crippen molar-refractivity contribution in [3.05, 3.63) is 11.6 Å². The largest absolute Gasteiger partial charge is 0.462 e. The number of hydrogen-bond donors (Lipinski definition) is 2. The van der Waals surface area contributed by atoms with Crippen LogP contribution in [0.1, 0.15) is 93.4 Å². The number of carbonyl (C=O) groups is 2. The zero-order valence-electron chi connectivity index (χ0n) is 23.7. The molecule has 0 aromatic heterocycles. The Bertz CT molecular complexity index is 853. The molecule has 1 aliphatic heterocycles. The predicted molar refractivity (Wildman–Crippen MR) is 138 cm³/mol. The minimum absolute atomic E-state index is 0.0336. The van der Waals surface area contributed by atoms with Crippen LogP contribution in [0, 0.1) is 22.7 Å². The van der Waals surface area contributed by atoms with Crippen LogP contribution in [0.5, 0.6) is 0 Å². The molecule has 3 fully saturated rings. The average Bonchev–Trinajstić information content (AvgIpc) is 2.77. The van der Waals surface area contributed by atoms with Crippen LogP contribution in [0.25, 0.3) is 0 Å². The van der Waals surface area contributed by atoms with Gasteiger partial charge in [-0.2, -0.15) is 0 Å². The zero-order valence-corrected chi connectivity index (χ0v) is 23.7. The third-order valence-electron chi connectivity index (χ3n) is 9.42. The lowest BCUT2D eigenvalue weighted by Gasteiger charge is -2.63. The number of carbonyl (C=O) groups excluding carboxylic acids is 2. The molecule has 8 atom stereocenters. The maximum absolute atomic E-state index is 11.4. The van der Waals surface area contributed by atoms with Crippen molar-refractivity contribution < 1.29 is 38.7 Å². The van der Waals surface area contributed by atoms with Gasteiger partial charge in [-0.05, 0) is 81.1 Å². The van der Waals surface area contributed by atoms with Gasteiger partial charge in [0.2, 0.25) is 0 Å². The molecule has 0 aromatic rings. The van der Waals surface area contributed by atoms with Crippen molar-refractivity contribution in [2.24, 2.45) is 22.7 Å². The molecule has 212 valence electrons. The molecule has 0 bridgehead atoms. The Labute approximate surface area is 222 Å². The number of aliphatic hydroxyl groups is 2. The summed E-state index contributed by atoms with van der Waals surface area (Å²) < 4.78 is 22.7. The summed E-state index contributed by atoms with van der Waals surface area (Å²) in [6.45, 7) is 14.3. The highest BCUT2D eigenvalue weighted by molar-refractivity contribution is 5.66. The van der Waals surface area contributed by atoms with Crippen molar-refractivity contribution >= 4 is 11.9 Å². The van der Waals surface area contributed by atoms with Gasteiger partial charge in [0, 0.05) is 13.8 Å². The predicted octanol–water partition coefficient (Wildman–Crippen LogP) is 4.30. The van der Waals surface area contributed by atoms with Gasteiger partial charge < -0.3 is 29.2 Å². The molecule has 1 saturated heterocycles. The molecule has 0 aromatic carbocycles. The highest BCUT2D eigenvalue weighted by Crippen LogP contribution is 2.64. The van der Waals surface area contributed by atoms with Crippen LogP contribution in [0.3, 0.4) is 0 Å². The Hall–Kier alpha value is -1.48. The quantitative estimate of drug-likeness (QED) is 0.275. The maximum Gasteiger partial charge on any atom is 0.303 e. The molecule has 8 nitrogen and oxygen atoms in total. The van der Waals surface area contributed by atoms with Gasteiger partial charge in [0.15, 0.2) is 12.4 Å². The van der Waals surface area contributed by atoms with Crippen LogP contribution in [-0.4, -0.2) is 65.6 Å². The molecule has 0 amide bonds. The van der Waals surface area contributed by atoms with E-state index in [0.29, 0.717) is 5.92 Å². The van der Waals surface area contributed by atoms with E-state index in [2.05, 4.69) is 34.6 Å². The first-order chi connectivity index (χ1) is 17.2. The van der Waals surface area contributed by atoms with Gasteiger partial charge in [0.25, 0.3) is 0 Å². The number of fused-ring (bicyclic) bond motifs is 1. The van der Waals surface area contributed by atoms with E-state index in [4.69, 9.17) is 18.9 Å². The monoisotopic (exact) mass is 524 g/mol. The third kappa shape index (κ3) is 6.75. The minimum atomic E-state index is -1.32. The lowest BCUT2D eigenvalue weighted by Crippen LogP contribution is -2.62. The van der Waals surface area contributed by atoms with Gasteiger partial charge in [0.1, 0.15) is 18.8 Å². The molecule has 8 unspecified atom stereocenters. The smallest absolute Gasteiger partial charge is 0.303 e. The summed E-state index contributed by atoms with van der Waals surface area (Å²) in [5.41, 5.74) is 0.872. The Morgan fingerprint density at radius 2 is 1.70 bits per heavy atom. The zero-order chi connectivity index (χ0) is 27.6. The Morgan fingerprint density at radius 1 is 1.00 bits per heavy atom. The van der Waals surface area contributed by atoms with E-state index in [-0.39, 0.29) is 35.9 Å². The van der Waals surface area contributed by atoms with E-state index in [1.807, 2.05) is 6.08 Å².